The van der Waals surface area contributed by atoms with Crippen molar-refractivity contribution in [1.29, 1.82) is 0 Å². The quantitative estimate of drug-likeness (QED) is 0.0744. The predicted octanol–water partition coefficient (Wildman–Crippen LogP) is -3.88. The van der Waals surface area contributed by atoms with Gasteiger partial charge in [-0.1, -0.05) is 0 Å². The number of nitrogens with zero attached hydrogens (tertiary/aromatic N) is 1. The van der Waals surface area contributed by atoms with E-state index in [2.05, 4.69) is 21.4 Å². The van der Waals surface area contributed by atoms with E-state index in [-0.39, 0.29) is 44.4 Å². The van der Waals surface area contributed by atoms with Gasteiger partial charge in [0.1, 0.15) is 24.1 Å². The molecule has 1 saturated heterocycles. The highest BCUT2D eigenvalue weighted by Gasteiger charge is 2.44. The van der Waals surface area contributed by atoms with Crippen molar-refractivity contribution in [3.8, 4) is 0 Å². The van der Waals surface area contributed by atoms with E-state index >= 15 is 0 Å². The van der Waals surface area contributed by atoms with Gasteiger partial charge in [-0.3, -0.25) is 9.79 Å². The van der Waals surface area contributed by atoms with Gasteiger partial charge in [0.2, 0.25) is 5.91 Å². The summed E-state index contributed by atoms with van der Waals surface area (Å²) < 4.78 is 16.4. The molecule has 0 aromatic heterocycles. The van der Waals surface area contributed by atoms with Crippen molar-refractivity contribution in [3.63, 3.8) is 0 Å². The molecule has 2 aliphatic heterocycles. The van der Waals surface area contributed by atoms with Gasteiger partial charge in [0.15, 0.2) is 18.5 Å². The second kappa shape index (κ2) is 19.6. The van der Waals surface area contributed by atoms with E-state index in [1.165, 1.54) is 14.0 Å². The third-order valence-corrected chi connectivity index (χ3v) is 8.09. The largest absolute Gasteiger partial charge is 0.468 e. The summed E-state index contributed by atoms with van der Waals surface area (Å²) >= 11 is 0. The fourth-order valence-corrected chi connectivity index (χ4v) is 5.72. The molecule has 3 fully saturated rings. The summed E-state index contributed by atoms with van der Waals surface area (Å²) in [6, 6.07) is -0.673. The Bertz CT molecular complexity index is 965. The summed E-state index contributed by atoms with van der Waals surface area (Å²) in [5.74, 6) is 0.785. The van der Waals surface area contributed by atoms with Crippen LogP contribution >= 0.6 is 0 Å². The van der Waals surface area contributed by atoms with Crippen LogP contribution in [0.5, 0.6) is 0 Å². The molecule has 0 radical (unpaired) electrons. The lowest BCUT2D eigenvalue weighted by molar-refractivity contribution is -0.284. The predicted molar refractivity (Wildman–Crippen MR) is 170 cm³/mol. The first-order chi connectivity index (χ1) is 21.7. The van der Waals surface area contributed by atoms with Crippen LogP contribution in [0.3, 0.4) is 0 Å². The number of carbonyl (C=O) groups excluding carboxylic acids is 1. The van der Waals surface area contributed by atoms with E-state index in [4.69, 9.17) is 37.1 Å². The van der Waals surface area contributed by atoms with Gasteiger partial charge in [-0.2, -0.15) is 0 Å². The van der Waals surface area contributed by atoms with Crippen LogP contribution in [0.1, 0.15) is 58.3 Å². The van der Waals surface area contributed by atoms with E-state index in [9.17, 15) is 30.3 Å². The maximum absolute atomic E-state index is 12.3. The van der Waals surface area contributed by atoms with Crippen LogP contribution in [0.25, 0.3) is 0 Å². The fraction of sp³-hybridized carbons (Fsp3) is 0.862. The average Bonchev–Trinajstić information content (AvgIpc) is 2.96. The summed E-state index contributed by atoms with van der Waals surface area (Å²) in [5.41, 5.74) is 25.4. The smallest absolute Gasteiger partial charge is 0.249 e. The monoisotopic (exact) mass is 662 g/mol. The first kappa shape index (κ1) is 40.0. The lowest BCUT2D eigenvalue weighted by Gasteiger charge is -2.43. The molecule has 6 unspecified atom stereocenters. The van der Waals surface area contributed by atoms with Gasteiger partial charge < -0.3 is 79.0 Å². The molecule has 9 atom stereocenters. The van der Waals surface area contributed by atoms with Crippen LogP contribution in [-0.2, 0) is 19.0 Å². The Labute approximate surface area is 270 Å². The number of hydrogen-bond acceptors (Lipinski definition) is 14. The van der Waals surface area contributed by atoms with Crippen molar-refractivity contribution in [2.45, 2.75) is 119 Å². The van der Waals surface area contributed by atoms with Crippen molar-refractivity contribution in [3.05, 3.63) is 11.8 Å². The van der Waals surface area contributed by atoms with Crippen molar-refractivity contribution < 1.29 is 44.5 Å². The molecular weight excluding hydrogens is 604 g/mol. The van der Waals surface area contributed by atoms with Gasteiger partial charge in [0.25, 0.3) is 0 Å². The van der Waals surface area contributed by atoms with E-state index in [1.54, 1.807) is 0 Å². The zero-order valence-corrected chi connectivity index (χ0v) is 27.0. The Morgan fingerprint density at radius 1 is 1.13 bits per heavy atom. The summed E-state index contributed by atoms with van der Waals surface area (Å²) in [6.45, 7) is 3.30. The van der Waals surface area contributed by atoms with E-state index in [1.807, 2.05) is 6.08 Å². The minimum atomic E-state index is -1.36. The summed E-state index contributed by atoms with van der Waals surface area (Å²) in [6.07, 6.45) is 0.455. The van der Waals surface area contributed by atoms with E-state index < -0.39 is 54.5 Å². The number of aliphatic imine (C=N–C) groups is 1. The second-order valence-electron chi connectivity index (χ2n) is 12.6. The number of aliphatic hydroxyl groups excluding tert-OH is 4. The third-order valence-electron chi connectivity index (χ3n) is 8.09. The lowest BCUT2D eigenvalue weighted by Crippen LogP contribution is -2.61. The van der Waals surface area contributed by atoms with Crippen molar-refractivity contribution in [2.24, 2.45) is 39.6 Å². The lowest BCUT2D eigenvalue weighted by atomic mass is 9.81. The van der Waals surface area contributed by atoms with Crippen LogP contribution in [-0.4, -0.2) is 131 Å². The molecule has 4 aliphatic rings. The minimum absolute atomic E-state index is 0.0100. The Balaban J connectivity index is 0.000000361. The molecule has 0 aromatic carbocycles. The van der Waals surface area contributed by atoms with Crippen LogP contribution < -0.4 is 39.3 Å². The second-order valence-corrected chi connectivity index (χ2v) is 12.6. The van der Waals surface area contributed by atoms with Crippen LogP contribution in [0.4, 0.5) is 0 Å². The molecule has 0 aromatic rings. The van der Waals surface area contributed by atoms with E-state index in [0.717, 1.165) is 44.0 Å². The van der Waals surface area contributed by atoms with Gasteiger partial charge in [-0.05, 0) is 64.6 Å². The molecule has 17 nitrogen and oxygen atoms in total. The topological polar surface area (TPSA) is 312 Å². The molecule has 17 heteroatoms. The fourth-order valence-electron chi connectivity index (χ4n) is 5.72. The Kier molecular flexibility index (Phi) is 17.1. The molecule has 4 rings (SSSR count). The van der Waals surface area contributed by atoms with Crippen molar-refractivity contribution in [2.75, 3.05) is 33.3 Å². The molecule has 17 N–H and O–H groups in total. The van der Waals surface area contributed by atoms with Gasteiger partial charge in [-0.25, -0.2) is 0 Å². The average molecular weight is 663 g/mol. The number of hydrogen-bond donors (Lipinski definition) is 12. The summed E-state index contributed by atoms with van der Waals surface area (Å²) in [5, 5.41) is 55.9. The van der Waals surface area contributed by atoms with Gasteiger partial charge in [-0.15, -0.1) is 0 Å². The molecule has 2 saturated carbocycles. The number of nitrogens with two attached hydrogens (primary N) is 5. The van der Waals surface area contributed by atoms with Crippen molar-refractivity contribution in [1.82, 2.24) is 10.6 Å². The highest BCUT2D eigenvalue weighted by Crippen LogP contribution is 2.29. The van der Waals surface area contributed by atoms with Crippen LogP contribution in [0.15, 0.2) is 16.8 Å². The number of amides is 1. The molecule has 1 amide bonds. The standard InChI is InChI=1S/C17H33N5O7.C11H20N2O2.CH5N/c1-17(27)6-12(25)15(28-7-17)29-13-9(4-8(18)5-11(13)24)22-14(26)10(23)2-3-21-16(19)20;12-9-4-8(5-9)6-13-7-10-2-1-3-11(14)15-10;1-2/h8-13,15,23-25,27H,2-7,18H2,1H3,(H,22,26)(H4,19,20,21);2,8-9,11,13-14H,1,3-7,12H2;2H2,1H3/t8?,9?,10?,11?,12?,13-,15?,17+;8?,9?,11-;/m00./s1. The third kappa shape index (κ3) is 13.9. The maximum atomic E-state index is 12.3. The molecule has 46 heavy (non-hydrogen) atoms. The zero-order chi connectivity index (χ0) is 34.4. The number of guanidine groups is 1. The molecule has 2 heterocycles. The number of carbonyl (C=O) groups is 1. The van der Waals surface area contributed by atoms with Crippen LogP contribution in [0, 0.1) is 5.92 Å². The summed E-state index contributed by atoms with van der Waals surface area (Å²) in [4.78, 5) is 16.0. The Morgan fingerprint density at radius 3 is 2.41 bits per heavy atom. The van der Waals surface area contributed by atoms with Crippen LogP contribution in [0.2, 0.25) is 0 Å². The first-order valence-electron chi connectivity index (χ1n) is 15.9. The highest BCUT2D eigenvalue weighted by atomic mass is 16.7. The van der Waals surface area contributed by atoms with Gasteiger partial charge in [0.05, 0.1) is 30.9 Å². The Hall–Kier alpha value is -2.16. The summed E-state index contributed by atoms with van der Waals surface area (Å²) in [7, 11) is 1.50. The number of ether oxygens (including phenoxy) is 3. The SMILES string of the molecule is CN.C[C@]1(O)COC(O[C@@H]2C(O)CC(N)CC2NC(=O)C(O)CCN=C(N)N)C(O)C1.NC1CC(CNCC2=CCC[C@@H](O)O2)C1. The maximum Gasteiger partial charge on any atom is 0.249 e. The molecule has 0 bridgehead atoms. The van der Waals surface area contributed by atoms with Gasteiger partial charge in [0, 0.05) is 37.9 Å². The highest BCUT2D eigenvalue weighted by molar-refractivity contribution is 5.81. The normalized spacial score (nSPS) is 36.1. The van der Waals surface area contributed by atoms with E-state index in [0.29, 0.717) is 18.9 Å². The Morgan fingerprint density at radius 2 is 1.80 bits per heavy atom. The molecule has 2 aliphatic carbocycles. The molecule has 268 valence electrons. The zero-order valence-electron chi connectivity index (χ0n) is 27.0. The number of allylic oxidation sites excluding steroid dienone is 1. The number of nitrogens with one attached hydrogen (secondary N) is 2. The molecule has 0 spiro atoms. The first-order valence-corrected chi connectivity index (χ1v) is 15.9. The number of rotatable bonds is 11. The van der Waals surface area contributed by atoms with Gasteiger partial charge >= 0.3 is 0 Å². The molecular formula is C29H58N8O9. The minimum Gasteiger partial charge on any atom is -0.468 e. The number of aliphatic hydroxyl groups is 5. The van der Waals surface area contributed by atoms with Crippen molar-refractivity contribution >= 4 is 11.9 Å².